The summed E-state index contributed by atoms with van der Waals surface area (Å²) >= 11 is 0. The quantitative estimate of drug-likeness (QED) is 0.255. The number of phenols is 3. The Kier molecular flexibility index (Phi) is 4.22. The van der Waals surface area contributed by atoms with Crippen LogP contribution in [0.5, 0.6) is 23.0 Å². The van der Waals surface area contributed by atoms with Crippen LogP contribution in [0.1, 0.15) is 31.7 Å². The highest BCUT2D eigenvalue weighted by atomic mass is 16.5. The Balaban J connectivity index is 1.82. The van der Waals surface area contributed by atoms with Crippen molar-refractivity contribution >= 4 is 33.1 Å². The lowest BCUT2D eigenvalue weighted by Crippen LogP contribution is -2.10. The third kappa shape index (κ3) is 2.68. The summed E-state index contributed by atoms with van der Waals surface area (Å²) in [5.41, 5.74) is 0.942. The molecule has 1 aliphatic rings. The van der Waals surface area contributed by atoms with Crippen LogP contribution < -0.4 is 15.7 Å². The van der Waals surface area contributed by atoms with Crippen molar-refractivity contribution in [2.75, 3.05) is 7.11 Å². The van der Waals surface area contributed by atoms with Crippen molar-refractivity contribution in [3.8, 4) is 34.1 Å². The number of rotatable bonds is 3. The number of benzene rings is 2. The van der Waals surface area contributed by atoms with E-state index in [9.17, 15) is 24.9 Å². The normalized spacial score (nSPS) is 14.6. The molecule has 34 heavy (non-hydrogen) atoms. The van der Waals surface area contributed by atoms with Gasteiger partial charge in [0.2, 0.25) is 16.9 Å². The van der Waals surface area contributed by atoms with Gasteiger partial charge in [-0.2, -0.15) is 0 Å². The average Bonchev–Trinajstić information content (AvgIpc) is 3.55. The maximum absolute atomic E-state index is 13.3. The van der Waals surface area contributed by atoms with Crippen LogP contribution in [-0.2, 0) is 0 Å². The van der Waals surface area contributed by atoms with Crippen molar-refractivity contribution in [3.63, 3.8) is 0 Å². The second-order valence-corrected chi connectivity index (χ2v) is 8.61. The van der Waals surface area contributed by atoms with Gasteiger partial charge in [-0.15, -0.1) is 0 Å². The van der Waals surface area contributed by atoms with Gasteiger partial charge in [0.1, 0.15) is 5.65 Å². The first-order valence-corrected chi connectivity index (χ1v) is 10.9. The topological polar surface area (TPSA) is 154 Å². The second kappa shape index (κ2) is 7.08. The number of nitrogens with one attached hydrogen (secondary N) is 2. The molecule has 10 heteroatoms. The van der Waals surface area contributed by atoms with E-state index in [0.717, 1.165) is 25.7 Å². The molecule has 0 unspecified atom stereocenters. The van der Waals surface area contributed by atoms with Crippen LogP contribution in [0.15, 0.2) is 38.3 Å². The number of H-pyrrole nitrogens is 2. The molecule has 5 aromatic rings. The Hall–Kier alpha value is -4.34. The van der Waals surface area contributed by atoms with Gasteiger partial charge in [-0.05, 0) is 42.7 Å². The third-order valence-electron chi connectivity index (χ3n) is 6.70. The molecule has 0 saturated heterocycles. The van der Waals surface area contributed by atoms with Crippen molar-refractivity contribution in [1.29, 1.82) is 0 Å². The number of ether oxygens (including phenoxy) is 1. The molecule has 5 N–H and O–H groups in total. The highest BCUT2D eigenvalue weighted by molar-refractivity contribution is 6.15. The molecular formula is C24H21N3O7. The number of phenolic OH excluding ortho intramolecular Hbond substituents is 3. The first-order chi connectivity index (χ1) is 16.4. The van der Waals surface area contributed by atoms with E-state index in [-0.39, 0.29) is 33.9 Å². The molecule has 3 heterocycles. The van der Waals surface area contributed by atoms with E-state index in [0.29, 0.717) is 27.7 Å². The monoisotopic (exact) mass is 463 g/mol. The van der Waals surface area contributed by atoms with Gasteiger partial charge >= 0.3 is 0 Å². The van der Waals surface area contributed by atoms with Crippen molar-refractivity contribution in [2.24, 2.45) is 0 Å². The molecule has 174 valence electrons. The lowest BCUT2D eigenvalue weighted by molar-refractivity contribution is 0.351. The minimum Gasteiger partial charge on any atom is -0.504 e. The van der Waals surface area contributed by atoms with Crippen LogP contribution in [0.3, 0.4) is 0 Å². The number of furan rings is 1. The summed E-state index contributed by atoms with van der Waals surface area (Å²) in [5.74, 6) is -1.39. The van der Waals surface area contributed by atoms with E-state index in [4.69, 9.17) is 9.15 Å². The van der Waals surface area contributed by atoms with Gasteiger partial charge in [-0.1, -0.05) is 12.8 Å². The van der Waals surface area contributed by atoms with Crippen LogP contribution >= 0.6 is 0 Å². The number of fused-ring (bicyclic) bond motifs is 4. The Morgan fingerprint density at radius 1 is 1.06 bits per heavy atom. The van der Waals surface area contributed by atoms with E-state index in [1.807, 2.05) is 4.68 Å². The number of pyridine rings is 1. The maximum atomic E-state index is 13.3. The summed E-state index contributed by atoms with van der Waals surface area (Å²) in [6.07, 6.45) is 3.95. The summed E-state index contributed by atoms with van der Waals surface area (Å²) in [4.78, 5) is 28.6. The highest BCUT2D eigenvalue weighted by Crippen LogP contribution is 2.45. The van der Waals surface area contributed by atoms with Crippen LogP contribution in [0.2, 0.25) is 0 Å². The first kappa shape index (κ1) is 20.3. The predicted octanol–water partition coefficient (Wildman–Crippen LogP) is 3.82. The van der Waals surface area contributed by atoms with E-state index in [2.05, 4.69) is 10.1 Å². The third-order valence-corrected chi connectivity index (χ3v) is 6.70. The van der Waals surface area contributed by atoms with Crippen LogP contribution in [0, 0.1) is 0 Å². The van der Waals surface area contributed by atoms with Crippen LogP contribution in [0.25, 0.3) is 44.2 Å². The second-order valence-electron chi connectivity index (χ2n) is 8.61. The zero-order valence-corrected chi connectivity index (χ0v) is 18.1. The summed E-state index contributed by atoms with van der Waals surface area (Å²) in [6, 6.07) is 5.71. The van der Waals surface area contributed by atoms with Crippen molar-refractivity contribution in [2.45, 2.75) is 31.7 Å². The average molecular weight is 463 g/mol. The van der Waals surface area contributed by atoms with Crippen molar-refractivity contribution < 1.29 is 24.5 Å². The predicted molar refractivity (Wildman–Crippen MR) is 125 cm³/mol. The molecule has 0 spiro atoms. The summed E-state index contributed by atoms with van der Waals surface area (Å²) < 4.78 is 13.0. The fourth-order valence-corrected chi connectivity index (χ4v) is 5.07. The Bertz CT molecular complexity index is 1730. The smallest absolute Gasteiger partial charge is 0.274 e. The molecule has 1 saturated carbocycles. The lowest BCUT2D eigenvalue weighted by Gasteiger charge is -2.14. The standard InChI is InChI=1S/C24H21N3O7/c1-33-15-9-10(8-14(29)19(15)30)16-17-23(27(26-24(17)32)11-4-2-3-5-11)25-18-12-6-7-13(28)20(31)21(12)34-22(16)18/h6-9,11,25,29-31H,2-5H2,1H3,(H,26,32). The number of nitrogens with zero attached hydrogens (tertiary/aromatic N) is 1. The van der Waals surface area contributed by atoms with Crippen molar-refractivity contribution in [1.82, 2.24) is 14.8 Å². The molecular weight excluding hydrogens is 442 g/mol. The van der Waals surface area contributed by atoms with E-state index in [1.165, 1.54) is 25.3 Å². The van der Waals surface area contributed by atoms with E-state index >= 15 is 0 Å². The lowest BCUT2D eigenvalue weighted by atomic mass is 10.0. The molecule has 0 aliphatic heterocycles. The summed E-state index contributed by atoms with van der Waals surface area (Å²) in [7, 11) is 1.35. The van der Waals surface area contributed by atoms with Crippen molar-refractivity contribution in [3.05, 3.63) is 44.8 Å². The Morgan fingerprint density at radius 3 is 2.56 bits per heavy atom. The number of aromatic nitrogens is 3. The number of hydrogen-bond acceptors (Lipinski definition) is 7. The summed E-state index contributed by atoms with van der Waals surface area (Å²) in [6.45, 7) is 0. The molecule has 2 aromatic carbocycles. The minimum atomic E-state index is -0.588. The van der Waals surface area contributed by atoms with Gasteiger partial charge in [0.05, 0.1) is 24.1 Å². The maximum Gasteiger partial charge on any atom is 0.274 e. The molecule has 6 rings (SSSR count). The summed E-state index contributed by atoms with van der Waals surface area (Å²) in [5, 5.41) is 34.5. The molecule has 10 nitrogen and oxygen atoms in total. The molecule has 0 atom stereocenters. The van der Waals surface area contributed by atoms with Gasteiger partial charge in [-0.3, -0.25) is 19.4 Å². The molecule has 1 fully saturated rings. The van der Waals surface area contributed by atoms with Gasteiger partial charge in [0.15, 0.2) is 22.7 Å². The fraction of sp³-hybridized carbons (Fsp3) is 0.250. The van der Waals surface area contributed by atoms with E-state index < -0.39 is 22.7 Å². The van der Waals surface area contributed by atoms with Gasteiger partial charge in [0.25, 0.3) is 5.56 Å². The SMILES string of the molecule is COc1cc(-c2c3oc4c(O)c(=O)ccc4c3[nH]c3c2c(=O)[nH]n3C2CCCC2)cc(O)c1O. The number of aromatic hydroxyl groups is 3. The first-order valence-electron chi connectivity index (χ1n) is 10.9. The van der Waals surface area contributed by atoms with E-state index in [1.54, 1.807) is 6.07 Å². The molecule has 3 aromatic heterocycles. The number of hydrogen-bond donors (Lipinski definition) is 5. The largest absolute Gasteiger partial charge is 0.504 e. The zero-order valence-electron chi connectivity index (χ0n) is 18.1. The Labute approximate surface area is 190 Å². The van der Waals surface area contributed by atoms with Gasteiger partial charge < -0.3 is 29.5 Å². The Morgan fingerprint density at radius 2 is 1.82 bits per heavy atom. The molecule has 0 bridgehead atoms. The highest BCUT2D eigenvalue weighted by Gasteiger charge is 2.27. The molecule has 0 radical (unpaired) electrons. The van der Waals surface area contributed by atoms with Crippen LogP contribution in [-0.4, -0.2) is 37.2 Å². The number of aromatic amines is 2. The fourth-order valence-electron chi connectivity index (χ4n) is 5.07. The minimum absolute atomic E-state index is 0.00790. The van der Waals surface area contributed by atoms with Gasteiger partial charge in [0, 0.05) is 10.9 Å². The van der Waals surface area contributed by atoms with Gasteiger partial charge in [-0.25, -0.2) is 0 Å². The van der Waals surface area contributed by atoms with Crippen LogP contribution in [0.4, 0.5) is 0 Å². The molecule has 1 aliphatic carbocycles. The molecule has 0 amide bonds. The zero-order chi connectivity index (χ0) is 23.7. The number of methoxy groups -OCH3 is 1.